The van der Waals surface area contributed by atoms with E-state index in [0.717, 1.165) is 37.4 Å². The number of hydrogen-bond donors (Lipinski definition) is 2. The van der Waals surface area contributed by atoms with E-state index < -0.39 is 0 Å². The first-order chi connectivity index (χ1) is 13.8. The highest BCUT2D eigenvalue weighted by molar-refractivity contribution is 6.05. The Morgan fingerprint density at radius 2 is 1.59 bits per heavy atom. The summed E-state index contributed by atoms with van der Waals surface area (Å²) in [6.45, 7) is 9.85. The lowest BCUT2D eigenvalue weighted by Gasteiger charge is -2.34. The monoisotopic (exact) mass is 394 g/mol. The van der Waals surface area contributed by atoms with Gasteiger partial charge in [0, 0.05) is 54.7 Å². The number of rotatable bonds is 5. The van der Waals surface area contributed by atoms with Gasteiger partial charge in [-0.2, -0.15) is 0 Å². The van der Waals surface area contributed by atoms with Gasteiger partial charge in [0.25, 0.3) is 5.91 Å². The molecule has 1 aliphatic rings. The molecule has 6 nitrogen and oxygen atoms in total. The Balaban J connectivity index is 1.63. The zero-order chi connectivity index (χ0) is 21.0. The van der Waals surface area contributed by atoms with Crippen molar-refractivity contribution >= 4 is 28.9 Å². The first-order valence-corrected chi connectivity index (χ1v) is 10.1. The lowest BCUT2D eigenvalue weighted by atomic mass is 10.1. The Morgan fingerprint density at radius 1 is 0.931 bits per heavy atom. The number of amides is 2. The van der Waals surface area contributed by atoms with Gasteiger partial charge in [0.2, 0.25) is 5.91 Å². The molecular formula is C23H30N4O2. The van der Waals surface area contributed by atoms with Crippen molar-refractivity contribution in [2.45, 2.75) is 20.8 Å². The van der Waals surface area contributed by atoms with Gasteiger partial charge in [-0.1, -0.05) is 13.8 Å². The van der Waals surface area contributed by atoms with E-state index in [1.165, 1.54) is 5.69 Å². The second-order valence-electron chi connectivity index (χ2n) is 7.96. The highest BCUT2D eigenvalue weighted by atomic mass is 16.2. The third-order valence-corrected chi connectivity index (χ3v) is 5.27. The second kappa shape index (κ2) is 9.09. The molecule has 1 heterocycles. The van der Waals surface area contributed by atoms with Crippen LogP contribution < -0.4 is 15.5 Å². The summed E-state index contributed by atoms with van der Waals surface area (Å²) in [6.07, 6.45) is 0. The fourth-order valence-electron chi connectivity index (χ4n) is 3.24. The Labute approximate surface area is 172 Å². The van der Waals surface area contributed by atoms with Crippen LogP contribution in [0.1, 0.15) is 29.8 Å². The molecule has 0 atom stereocenters. The topological polar surface area (TPSA) is 64.7 Å². The molecule has 0 aromatic heterocycles. The van der Waals surface area contributed by atoms with Gasteiger partial charge in [-0.15, -0.1) is 0 Å². The molecule has 154 valence electrons. The van der Waals surface area contributed by atoms with E-state index >= 15 is 0 Å². The van der Waals surface area contributed by atoms with Gasteiger partial charge in [-0.25, -0.2) is 0 Å². The van der Waals surface area contributed by atoms with Crippen molar-refractivity contribution in [2.75, 3.05) is 48.8 Å². The summed E-state index contributed by atoms with van der Waals surface area (Å²) in [5.74, 6) is -0.296. The highest BCUT2D eigenvalue weighted by Gasteiger charge is 2.16. The van der Waals surface area contributed by atoms with Crippen LogP contribution in [0.15, 0.2) is 42.5 Å². The van der Waals surface area contributed by atoms with Crippen molar-refractivity contribution in [1.82, 2.24) is 4.90 Å². The summed E-state index contributed by atoms with van der Waals surface area (Å²) >= 11 is 0. The standard InChI is InChI=1S/C23H30N4O2/c1-16(2)22(28)24-19-7-5-18(6-8-19)23(29)25-21-10-9-20(15-17(21)3)27-13-11-26(4)12-14-27/h5-10,15-16H,11-14H2,1-4H3,(H,24,28)(H,25,29). The van der Waals surface area contributed by atoms with Gasteiger partial charge in [0.05, 0.1) is 0 Å². The molecule has 0 spiro atoms. The Hall–Kier alpha value is -2.86. The predicted octanol–water partition coefficient (Wildman–Crippen LogP) is 3.59. The molecular weight excluding hydrogens is 364 g/mol. The third kappa shape index (κ3) is 5.35. The van der Waals surface area contributed by atoms with Crippen LogP contribution in [0.25, 0.3) is 0 Å². The highest BCUT2D eigenvalue weighted by Crippen LogP contribution is 2.24. The number of anilines is 3. The quantitative estimate of drug-likeness (QED) is 0.813. The maximum Gasteiger partial charge on any atom is 0.255 e. The SMILES string of the molecule is Cc1cc(N2CCN(C)CC2)ccc1NC(=O)c1ccc(NC(=O)C(C)C)cc1. The van der Waals surface area contributed by atoms with Crippen LogP contribution in [0.2, 0.25) is 0 Å². The molecule has 6 heteroatoms. The lowest BCUT2D eigenvalue weighted by molar-refractivity contribution is -0.118. The minimum atomic E-state index is -0.165. The van der Waals surface area contributed by atoms with E-state index in [-0.39, 0.29) is 17.7 Å². The molecule has 2 aromatic carbocycles. The van der Waals surface area contributed by atoms with E-state index in [1.54, 1.807) is 24.3 Å². The Kier molecular flexibility index (Phi) is 6.54. The number of benzene rings is 2. The van der Waals surface area contributed by atoms with E-state index in [1.807, 2.05) is 26.8 Å². The fourth-order valence-corrected chi connectivity index (χ4v) is 3.24. The number of hydrogen-bond acceptors (Lipinski definition) is 4. The first kappa shape index (κ1) is 20.9. The van der Waals surface area contributed by atoms with Crippen LogP contribution in [-0.4, -0.2) is 49.9 Å². The van der Waals surface area contributed by atoms with Crippen molar-refractivity contribution in [2.24, 2.45) is 5.92 Å². The van der Waals surface area contributed by atoms with Crippen LogP contribution in [0.5, 0.6) is 0 Å². The molecule has 1 fully saturated rings. The van der Waals surface area contributed by atoms with Crippen molar-refractivity contribution in [3.63, 3.8) is 0 Å². The fraction of sp³-hybridized carbons (Fsp3) is 0.391. The van der Waals surface area contributed by atoms with E-state index in [0.29, 0.717) is 11.3 Å². The van der Waals surface area contributed by atoms with Crippen molar-refractivity contribution in [3.05, 3.63) is 53.6 Å². The van der Waals surface area contributed by atoms with Crippen molar-refractivity contribution in [1.29, 1.82) is 0 Å². The number of nitrogens with one attached hydrogen (secondary N) is 2. The maximum atomic E-state index is 12.6. The molecule has 3 rings (SSSR count). The molecule has 0 aliphatic carbocycles. The largest absolute Gasteiger partial charge is 0.369 e. The van der Waals surface area contributed by atoms with Crippen molar-refractivity contribution < 1.29 is 9.59 Å². The van der Waals surface area contributed by atoms with Gasteiger partial charge in [-0.05, 0) is 62.0 Å². The summed E-state index contributed by atoms with van der Waals surface area (Å²) in [7, 11) is 2.14. The average molecular weight is 395 g/mol. The van der Waals surface area contributed by atoms with E-state index in [4.69, 9.17) is 0 Å². The molecule has 0 unspecified atom stereocenters. The lowest BCUT2D eigenvalue weighted by Crippen LogP contribution is -2.44. The molecule has 0 saturated carbocycles. The van der Waals surface area contributed by atoms with Crippen LogP contribution in [0.3, 0.4) is 0 Å². The zero-order valence-corrected chi connectivity index (χ0v) is 17.7. The number of carbonyl (C=O) groups excluding carboxylic acids is 2. The summed E-state index contributed by atoms with van der Waals surface area (Å²) in [5, 5.41) is 5.82. The minimum absolute atomic E-state index is 0.0433. The first-order valence-electron chi connectivity index (χ1n) is 10.1. The summed E-state index contributed by atoms with van der Waals surface area (Å²) in [6, 6.07) is 13.1. The molecule has 2 N–H and O–H groups in total. The van der Waals surface area contributed by atoms with Crippen LogP contribution in [0, 0.1) is 12.8 Å². The smallest absolute Gasteiger partial charge is 0.255 e. The summed E-state index contributed by atoms with van der Waals surface area (Å²) < 4.78 is 0. The predicted molar refractivity (Wildman–Crippen MR) is 119 cm³/mol. The second-order valence-corrected chi connectivity index (χ2v) is 7.96. The number of likely N-dealkylation sites (N-methyl/N-ethyl adjacent to an activating group) is 1. The van der Waals surface area contributed by atoms with E-state index in [2.05, 4.69) is 39.6 Å². The molecule has 1 saturated heterocycles. The van der Waals surface area contributed by atoms with Gasteiger partial charge < -0.3 is 20.4 Å². The molecule has 0 bridgehead atoms. The van der Waals surface area contributed by atoms with Gasteiger partial charge >= 0.3 is 0 Å². The van der Waals surface area contributed by atoms with Crippen molar-refractivity contribution in [3.8, 4) is 0 Å². The normalized spacial score (nSPS) is 14.7. The summed E-state index contributed by atoms with van der Waals surface area (Å²) in [4.78, 5) is 29.1. The molecule has 29 heavy (non-hydrogen) atoms. The average Bonchev–Trinajstić information content (AvgIpc) is 2.70. The molecule has 0 radical (unpaired) electrons. The third-order valence-electron chi connectivity index (χ3n) is 5.27. The maximum absolute atomic E-state index is 12.6. The summed E-state index contributed by atoms with van der Waals surface area (Å²) in [5.41, 5.74) is 4.28. The van der Waals surface area contributed by atoms with Gasteiger partial charge in [0.15, 0.2) is 0 Å². The van der Waals surface area contributed by atoms with E-state index in [9.17, 15) is 9.59 Å². The molecule has 1 aliphatic heterocycles. The van der Waals surface area contributed by atoms with Crippen LogP contribution in [0.4, 0.5) is 17.1 Å². The number of nitrogens with zero attached hydrogens (tertiary/aromatic N) is 2. The number of piperazine rings is 1. The van der Waals surface area contributed by atoms with Gasteiger partial charge in [-0.3, -0.25) is 9.59 Å². The molecule has 2 aromatic rings. The Bertz CT molecular complexity index is 869. The van der Waals surface area contributed by atoms with Gasteiger partial charge in [0.1, 0.15) is 0 Å². The molecule has 2 amide bonds. The van der Waals surface area contributed by atoms with Crippen LogP contribution in [-0.2, 0) is 4.79 Å². The Morgan fingerprint density at radius 3 is 2.17 bits per heavy atom. The minimum Gasteiger partial charge on any atom is -0.369 e. The zero-order valence-electron chi connectivity index (χ0n) is 17.7. The number of carbonyl (C=O) groups is 2. The number of aryl methyl sites for hydroxylation is 1. The van der Waals surface area contributed by atoms with Crippen LogP contribution >= 0.6 is 0 Å².